The average Bonchev–Trinajstić information content (AvgIpc) is 3.40. The number of hydrogen-bond donors (Lipinski definition) is 1. The smallest absolute Gasteiger partial charge is 0.276 e. The number of aromatic nitrogens is 6. The highest BCUT2D eigenvalue weighted by Gasteiger charge is 2.13. The number of benzene rings is 1. The summed E-state index contributed by atoms with van der Waals surface area (Å²) in [4.78, 5) is 12.5. The molecule has 0 radical (unpaired) electrons. The number of nitrogens with one attached hydrogen (secondary N) is 1. The van der Waals surface area contributed by atoms with Gasteiger partial charge in [-0.2, -0.15) is 15.3 Å². The van der Waals surface area contributed by atoms with Gasteiger partial charge in [-0.05, 0) is 37.6 Å². The van der Waals surface area contributed by atoms with E-state index < -0.39 is 0 Å². The van der Waals surface area contributed by atoms with Gasteiger partial charge in [0.25, 0.3) is 5.91 Å². The first kappa shape index (κ1) is 20.2. The normalized spacial score (nSPS) is 11.1. The van der Waals surface area contributed by atoms with E-state index in [1.165, 1.54) is 0 Å². The fourth-order valence-electron chi connectivity index (χ4n) is 3.04. The summed E-state index contributed by atoms with van der Waals surface area (Å²) in [7, 11) is 0. The van der Waals surface area contributed by atoms with E-state index in [1.807, 2.05) is 38.1 Å². The highest BCUT2D eigenvalue weighted by atomic mass is 35.5. The van der Waals surface area contributed by atoms with Crippen LogP contribution in [0.5, 0.6) is 0 Å². The maximum absolute atomic E-state index is 12.5. The van der Waals surface area contributed by atoms with Crippen molar-refractivity contribution in [1.82, 2.24) is 29.3 Å². The number of carbonyl (C=O) groups is 1. The van der Waals surface area contributed by atoms with E-state index in [-0.39, 0.29) is 5.91 Å². The Bertz CT molecular complexity index is 1210. The molecule has 4 aromatic rings. The maximum Gasteiger partial charge on any atom is 0.276 e. The third-order valence-corrected chi connectivity index (χ3v) is 5.35. The number of anilines is 1. The van der Waals surface area contributed by atoms with Crippen LogP contribution in [0.1, 0.15) is 27.4 Å². The first-order valence-electron chi connectivity index (χ1n) is 9.20. The Labute approximate surface area is 183 Å². The van der Waals surface area contributed by atoms with Gasteiger partial charge in [-0.1, -0.05) is 35.3 Å². The van der Waals surface area contributed by atoms with Crippen LogP contribution in [0.4, 0.5) is 5.69 Å². The molecule has 1 aromatic carbocycles. The van der Waals surface area contributed by atoms with Crippen LogP contribution in [0.25, 0.3) is 0 Å². The van der Waals surface area contributed by atoms with Gasteiger partial charge in [0.15, 0.2) is 5.69 Å². The molecule has 3 aromatic heterocycles. The Morgan fingerprint density at radius 3 is 2.70 bits per heavy atom. The van der Waals surface area contributed by atoms with Gasteiger partial charge >= 0.3 is 0 Å². The Hall–Kier alpha value is -3.10. The summed E-state index contributed by atoms with van der Waals surface area (Å²) in [5.41, 5.74) is 3.51. The highest BCUT2D eigenvalue weighted by Crippen LogP contribution is 2.19. The quantitative estimate of drug-likeness (QED) is 0.487. The van der Waals surface area contributed by atoms with Crippen molar-refractivity contribution in [3.05, 3.63) is 81.6 Å². The van der Waals surface area contributed by atoms with Crippen LogP contribution in [0, 0.1) is 13.8 Å². The minimum Gasteiger partial charge on any atom is -0.318 e. The van der Waals surface area contributed by atoms with Crippen LogP contribution in [-0.2, 0) is 13.2 Å². The topological polar surface area (TPSA) is 82.6 Å². The number of halogens is 2. The minimum absolute atomic E-state index is 0.296. The maximum atomic E-state index is 12.5. The van der Waals surface area contributed by atoms with Crippen molar-refractivity contribution >= 4 is 34.8 Å². The van der Waals surface area contributed by atoms with Crippen molar-refractivity contribution in [2.75, 3.05) is 5.32 Å². The number of amides is 1. The van der Waals surface area contributed by atoms with Crippen molar-refractivity contribution in [3.8, 4) is 0 Å². The molecule has 0 aliphatic heterocycles. The number of hydrogen-bond acceptors (Lipinski definition) is 4. The van der Waals surface area contributed by atoms with Gasteiger partial charge in [-0.3, -0.25) is 14.2 Å². The summed E-state index contributed by atoms with van der Waals surface area (Å²) >= 11 is 12.2. The molecule has 10 heteroatoms. The fourth-order valence-corrected chi connectivity index (χ4v) is 3.39. The first-order chi connectivity index (χ1) is 14.4. The molecule has 0 unspecified atom stereocenters. The number of nitrogens with zero attached hydrogens (tertiary/aromatic N) is 6. The SMILES string of the molecule is Cc1nn(Cn2ccc(C(=O)Nc3cnn(Cc4cccc(Cl)c4)c3)n2)c(C)c1Cl. The Morgan fingerprint density at radius 1 is 1.13 bits per heavy atom. The molecule has 154 valence electrons. The predicted octanol–water partition coefficient (Wildman–Crippen LogP) is 4.01. The molecule has 0 bridgehead atoms. The van der Waals surface area contributed by atoms with Crippen molar-refractivity contribution in [3.63, 3.8) is 0 Å². The van der Waals surface area contributed by atoms with Crippen LogP contribution >= 0.6 is 23.2 Å². The molecule has 0 saturated carbocycles. The Morgan fingerprint density at radius 2 is 1.97 bits per heavy atom. The summed E-state index contributed by atoms with van der Waals surface area (Å²) in [6.45, 7) is 4.65. The molecule has 1 N–H and O–H groups in total. The lowest BCUT2D eigenvalue weighted by Gasteiger charge is -2.04. The summed E-state index contributed by atoms with van der Waals surface area (Å²) in [5, 5.41) is 17.1. The second-order valence-electron chi connectivity index (χ2n) is 6.88. The van der Waals surface area contributed by atoms with E-state index in [0.717, 1.165) is 17.0 Å². The van der Waals surface area contributed by atoms with Crippen LogP contribution < -0.4 is 5.32 Å². The lowest BCUT2D eigenvalue weighted by atomic mass is 10.2. The van der Waals surface area contributed by atoms with Crippen LogP contribution in [0.15, 0.2) is 48.9 Å². The van der Waals surface area contributed by atoms with E-state index in [1.54, 1.807) is 38.7 Å². The van der Waals surface area contributed by atoms with Crippen molar-refractivity contribution < 1.29 is 4.79 Å². The first-order valence-corrected chi connectivity index (χ1v) is 9.96. The third-order valence-electron chi connectivity index (χ3n) is 4.57. The molecular weight excluding hydrogens is 425 g/mol. The average molecular weight is 444 g/mol. The van der Waals surface area contributed by atoms with Crippen LogP contribution in [0.3, 0.4) is 0 Å². The van der Waals surface area contributed by atoms with Gasteiger partial charge in [0, 0.05) is 17.4 Å². The summed E-state index contributed by atoms with van der Waals surface area (Å²) in [6.07, 6.45) is 5.08. The zero-order chi connectivity index (χ0) is 21.3. The standard InChI is InChI=1S/C20H19Cl2N7O/c1-13-19(22)14(2)29(25-13)12-27-7-6-18(26-27)20(30)24-17-9-23-28(11-17)10-15-4-3-5-16(21)8-15/h3-9,11H,10,12H2,1-2H3,(H,24,30). The molecule has 4 rings (SSSR count). The van der Waals surface area contributed by atoms with E-state index >= 15 is 0 Å². The molecule has 0 fully saturated rings. The lowest BCUT2D eigenvalue weighted by Crippen LogP contribution is -2.15. The second kappa shape index (κ2) is 8.33. The van der Waals surface area contributed by atoms with Gasteiger partial charge in [0.05, 0.1) is 34.8 Å². The van der Waals surface area contributed by atoms with Gasteiger partial charge in [-0.15, -0.1) is 0 Å². The highest BCUT2D eigenvalue weighted by molar-refractivity contribution is 6.31. The molecule has 30 heavy (non-hydrogen) atoms. The van der Waals surface area contributed by atoms with Crippen LogP contribution in [0.2, 0.25) is 10.0 Å². The molecule has 0 saturated heterocycles. The van der Waals surface area contributed by atoms with Crippen molar-refractivity contribution in [2.45, 2.75) is 27.1 Å². The van der Waals surface area contributed by atoms with Crippen LogP contribution in [-0.4, -0.2) is 35.2 Å². The number of rotatable bonds is 6. The predicted molar refractivity (Wildman–Crippen MR) is 115 cm³/mol. The second-order valence-corrected chi connectivity index (χ2v) is 7.69. The fraction of sp³-hybridized carbons (Fsp3) is 0.200. The number of carbonyl (C=O) groups excluding carboxylic acids is 1. The van der Waals surface area contributed by atoms with Crippen molar-refractivity contribution in [2.24, 2.45) is 0 Å². The number of aryl methyl sites for hydroxylation is 1. The molecular formula is C20H19Cl2N7O. The summed E-state index contributed by atoms with van der Waals surface area (Å²) < 4.78 is 5.10. The molecule has 0 atom stereocenters. The summed E-state index contributed by atoms with van der Waals surface area (Å²) in [5.74, 6) is -0.317. The summed E-state index contributed by atoms with van der Waals surface area (Å²) in [6, 6.07) is 9.21. The van der Waals surface area contributed by atoms with E-state index in [2.05, 4.69) is 20.6 Å². The molecule has 0 aliphatic rings. The van der Waals surface area contributed by atoms with Gasteiger partial charge in [0.2, 0.25) is 0 Å². The third kappa shape index (κ3) is 4.39. The van der Waals surface area contributed by atoms with Gasteiger partial charge in [-0.25, -0.2) is 4.68 Å². The molecule has 0 aliphatic carbocycles. The largest absolute Gasteiger partial charge is 0.318 e. The van der Waals surface area contributed by atoms with Gasteiger partial charge < -0.3 is 5.32 Å². The van der Waals surface area contributed by atoms with E-state index in [9.17, 15) is 4.79 Å². The van der Waals surface area contributed by atoms with E-state index in [0.29, 0.717) is 34.6 Å². The molecule has 8 nitrogen and oxygen atoms in total. The molecule has 1 amide bonds. The lowest BCUT2D eigenvalue weighted by molar-refractivity contribution is 0.102. The zero-order valence-electron chi connectivity index (χ0n) is 16.4. The van der Waals surface area contributed by atoms with E-state index in [4.69, 9.17) is 23.2 Å². The Balaban J connectivity index is 1.40. The Kier molecular flexibility index (Phi) is 5.61. The molecule has 3 heterocycles. The zero-order valence-corrected chi connectivity index (χ0v) is 17.9. The monoisotopic (exact) mass is 443 g/mol. The van der Waals surface area contributed by atoms with Crippen molar-refractivity contribution in [1.29, 1.82) is 0 Å². The molecule has 0 spiro atoms. The van der Waals surface area contributed by atoms with Gasteiger partial charge in [0.1, 0.15) is 6.67 Å². The minimum atomic E-state index is -0.317.